The minimum atomic E-state index is -0.447. The van der Waals surface area contributed by atoms with Gasteiger partial charge in [0.25, 0.3) is 0 Å². The SMILES string of the molecule is C=C(C)C(=O)OCCNC(=O)N1C=CNC1. The van der Waals surface area contributed by atoms with E-state index in [4.69, 9.17) is 4.74 Å². The molecule has 1 rings (SSSR count). The van der Waals surface area contributed by atoms with E-state index in [1.807, 2.05) is 0 Å². The average molecular weight is 225 g/mol. The molecule has 0 saturated heterocycles. The highest BCUT2D eigenvalue weighted by Crippen LogP contribution is 1.95. The normalized spacial score (nSPS) is 13.2. The molecule has 0 fully saturated rings. The lowest BCUT2D eigenvalue weighted by atomic mass is 10.4. The molecule has 0 aliphatic carbocycles. The van der Waals surface area contributed by atoms with Gasteiger partial charge in [-0.15, -0.1) is 0 Å². The first-order valence-corrected chi connectivity index (χ1v) is 4.88. The summed E-state index contributed by atoms with van der Waals surface area (Å²) < 4.78 is 4.81. The monoisotopic (exact) mass is 225 g/mol. The lowest BCUT2D eigenvalue weighted by Gasteiger charge is -2.13. The van der Waals surface area contributed by atoms with Gasteiger partial charge in [-0.25, -0.2) is 9.59 Å². The number of nitrogens with zero attached hydrogens (tertiary/aromatic N) is 1. The van der Waals surface area contributed by atoms with Crippen LogP contribution in [0.3, 0.4) is 0 Å². The molecule has 0 radical (unpaired) electrons. The average Bonchev–Trinajstić information content (AvgIpc) is 2.76. The number of ether oxygens (including phenoxy) is 1. The van der Waals surface area contributed by atoms with Crippen molar-refractivity contribution in [2.75, 3.05) is 19.8 Å². The molecule has 0 spiro atoms. The zero-order valence-corrected chi connectivity index (χ0v) is 9.16. The van der Waals surface area contributed by atoms with Gasteiger partial charge in [0, 0.05) is 18.0 Å². The van der Waals surface area contributed by atoms with Crippen LogP contribution in [0.5, 0.6) is 0 Å². The van der Waals surface area contributed by atoms with Gasteiger partial charge in [-0.2, -0.15) is 0 Å². The number of hydrogen-bond acceptors (Lipinski definition) is 4. The van der Waals surface area contributed by atoms with Gasteiger partial charge < -0.3 is 15.4 Å². The van der Waals surface area contributed by atoms with Crippen LogP contribution >= 0.6 is 0 Å². The summed E-state index contributed by atoms with van der Waals surface area (Å²) in [5.74, 6) is -0.447. The van der Waals surface area contributed by atoms with Crippen LogP contribution in [0.1, 0.15) is 6.92 Å². The number of nitrogens with one attached hydrogen (secondary N) is 2. The van der Waals surface area contributed by atoms with Crippen LogP contribution in [0, 0.1) is 0 Å². The molecule has 0 bridgehead atoms. The molecule has 1 aliphatic rings. The molecule has 0 unspecified atom stereocenters. The van der Waals surface area contributed by atoms with E-state index in [1.165, 1.54) is 4.90 Å². The van der Waals surface area contributed by atoms with Crippen molar-refractivity contribution in [2.45, 2.75) is 6.92 Å². The highest BCUT2D eigenvalue weighted by Gasteiger charge is 2.12. The second kappa shape index (κ2) is 5.79. The Kier molecular flexibility index (Phi) is 4.38. The first kappa shape index (κ1) is 12.1. The zero-order chi connectivity index (χ0) is 12.0. The van der Waals surface area contributed by atoms with Crippen molar-refractivity contribution < 1.29 is 14.3 Å². The molecule has 0 saturated carbocycles. The van der Waals surface area contributed by atoms with Crippen LogP contribution in [0.2, 0.25) is 0 Å². The van der Waals surface area contributed by atoms with E-state index in [0.717, 1.165) is 0 Å². The molecule has 0 aromatic heterocycles. The second-order valence-electron chi connectivity index (χ2n) is 3.30. The van der Waals surface area contributed by atoms with Crippen molar-refractivity contribution in [3.05, 3.63) is 24.6 Å². The quantitative estimate of drug-likeness (QED) is 0.406. The van der Waals surface area contributed by atoms with Crippen molar-refractivity contribution in [2.24, 2.45) is 0 Å². The Labute approximate surface area is 93.9 Å². The summed E-state index contributed by atoms with van der Waals surface area (Å²) in [5, 5.41) is 5.47. The Hall–Kier alpha value is -1.98. The maximum Gasteiger partial charge on any atom is 0.333 e. The van der Waals surface area contributed by atoms with E-state index >= 15 is 0 Å². The number of amides is 2. The van der Waals surface area contributed by atoms with Crippen LogP contribution in [0.15, 0.2) is 24.6 Å². The number of hydrogen-bond donors (Lipinski definition) is 2. The topological polar surface area (TPSA) is 70.7 Å². The fraction of sp³-hybridized carbons (Fsp3) is 0.400. The molecule has 1 aliphatic heterocycles. The molecular weight excluding hydrogens is 210 g/mol. The summed E-state index contributed by atoms with van der Waals surface area (Å²) >= 11 is 0. The van der Waals surface area contributed by atoms with Crippen molar-refractivity contribution in [1.29, 1.82) is 0 Å². The maximum absolute atomic E-state index is 11.4. The molecule has 2 amide bonds. The van der Waals surface area contributed by atoms with E-state index in [-0.39, 0.29) is 19.2 Å². The van der Waals surface area contributed by atoms with Gasteiger partial charge in [-0.3, -0.25) is 4.90 Å². The van der Waals surface area contributed by atoms with E-state index in [1.54, 1.807) is 19.3 Å². The third-order valence-corrected chi connectivity index (χ3v) is 1.85. The van der Waals surface area contributed by atoms with Gasteiger partial charge in [0.05, 0.1) is 13.2 Å². The fourth-order valence-electron chi connectivity index (χ4n) is 1.01. The molecule has 6 nitrogen and oxygen atoms in total. The Bertz CT molecular complexity index is 325. The molecule has 1 heterocycles. The molecule has 0 atom stereocenters. The van der Waals surface area contributed by atoms with Gasteiger partial charge in [0.15, 0.2) is 0 Å². The van der Waals surface area contributed by atoms with Gasteiger partial charge in [0.1, 0.15) is 6.61 Å². The van der Waals surface area contributed by atoms with Gasteiger partial charge >= 0.3 is 12.0 Å². The van der Waals surface area contributed by atoms with Gasteiger partial charge in [0.2, 0.25) is 0 Å². The molecule has 2 N–H and O–H groups in total. The minimum Gasteiger partial charge on any atom is -0.460 e. The summed E-state index contributed by atoms with van der Waals surface area (Å²) in [6.45, 7) is 5.89. The summed E-state index contributed by atoms with van der Waals surface area (Å²) in [5.41, 5.74) is 0.345. The molecule has 88 valence electrons. The summed E-state index contributed by atoms with van der Waals surface area (Å²) in [4.78, 5) is 23.8. The van der Waals surface area contributed by atoms with Gasteiger partial charge in [-0.1, -0.05) is 6.58 Å². The Balaban J connectivity index is 2.11. The number of urea groups is 1. The largest absolute Gasteiger partial charge is 0.460 e. The Morgan fingerprint density at radius 1 is 1.62 bits per heavy atom. The second-order valence-corrected chi connectivity index (χ2v) is 3.30. The van der Waals surface area contributed by atoms with Crippen LogP contribution in [-0.4, -0.2) is 36.7 Å². The van der Waals surface area contributed by atoms with E-state index in [0.29, 0.717) is 12.2 Å². The molecule has 6 heteroatoms. The Morgan fingerprint density at radius 2 is 2.38 bits per heavy atom. The minimum absolute atomic E-state index is 0.141. The fourth-order valence-corrected chi connectivity index (χ4v) is 1.01. The number of carbonyl (C=O) groups is 2. The number of carbonyl (C=O) groups excluding carboxylic acids is 2. The predicted octanol–water partition coefficient (Wildman–Crippen LogP) is 0.149. The predicted molar refractivity (Wildman–Crippen MR) is 58.2 cm³/mol. The van der Waals surface area contributed by atoms with E-state index in [2.05, 4.69) is 17.2 Å². The van der Waals surface area contributed by atoms with E-state index < -0.39 is 5.97 Å². The first-order valence-electron chi connectivity index (χ1n) is 4.88. The van der Waals surface area contributed by atoms with Crippen molar-refractivity contribution in [3.8, 4) is 0 Å². The smallest absolute Gasteiger partial charge is 0.333 e. The van der Waals surface area contributed by atoms with Crippen molar-refractivity contribution in [3.63, 3.8) is 0 Å². The van der Waals surface area contributed by atoms with Crippen LogP contribution < -0.4 is 10.6 Å². The molecule has 0 aromatic carbocycles. The van der Waals surface area contributed by atoms with Crippen LogP contribution in [0.4, 0.5) is 4.79 Å². The highest BCUT2D eigenvalue weighted by molar-refractivity contribution is 5.86. The zero-order valence-electron chi connectivity index (χ0n) is 9.16. The molecule has 16 heavy (non-hydrogen) atoms. The van der Waals surface area contributed by atoms with Crippen LogP contribution in [0.25, 0.3) is 0 Å². The summed E-state index contributed by atoms with van der Waals surface area (Å²) in [6, 6.07) is -0.229. The summed E-state index contributed by atoms with van der Waals surface area (Å²) in [6.07, 6.45) is 3.32. The number of esters is 1. The lowest BCUT2D eigenvalue weighted by molar-refractivity contribution is -0.138. The van der Waals surface area contributed by atoms with Crippen molar-refractivity contribution in [1.82, 2.24) is 15.5 Å². The highest BCUT2D eigenvalue weighted by atomic mass is 16.5. The van der Waals surface area contributed by atoms with Crippen LogP contribution in [-0.2, 0) is 9.53 Å². The Morgan fingerprint density at radius 3 is 2.94 bits per heavy atom. The lowest BCUT2D eigenvalue weighted by Crippen LogP contribution is -2.39. The first-order chi connectivity index (χ1) is 7.61. The summed E-state index contributed by atoms with van der Waals surface area (Å²) in [7, 11) is 0. The molecule has 0 aromatic rings. The maximum atomic E-state index is 11.4. The van der Waals surface area contributed by atoms with Crippen molar-refractivity contribution >= 4 is 12.0 Å². The third-order valence-electron chi connectivity index (χ3n) is 1.85. The standard InChI is InChI=1S/C10H15N3O3/c1-8(2)9(14)16-6-4-12-10(15)13-5-3-11-7-13/h3,5,11H,1,4,6-7H2,2H3,(H,12,15). The third kappa shape index (κ3) is 3.64. The number of rotatable bonds is 4. The van der Waals surface area contributed by atoms with Gasteiger partial charge in [-0.05, 0) is 6.92 Å². The molecular formula is C10H15N3O3. The van der Waals surface area contributed by atoms with E-state index in [9.17, 15) is 9.59 Å².